The molecule has 0 aromatic heterocycles. The van der Waals surface area contributed by atoms with E-state index in [0.29, 0.717) is 17.5 Å². The summed E-state index contributed by atoms with van der Waals surface area (Å²) in [5, 5.41) is 3.00. The molecule has 1 heterocycles. The molecule has 3 rings (SSSR count). The van der Waals surface area contributed by atoms with Crippen molar-refractivity contribution in [1.82, 2.24) is 4.90 Å². The van der Waals surface area contributed by atoms with Crippen molar-refractivity contribution in [2.24, 2.45) is 11.8 Å². The van der Waals surface area contributed by atoms with Crippen LogP contribution in [-0.2, 0) is 9.59 Å². The lowest BCUT2D eigenvalue weighted by molar-refractivity contribution is -0.137. The van der Waals surface area contributed by atoms with E-state index >= 15 is 0 Å². The van der Waals surface area contributed by atoms with Crippen LogP contribution in [0.1, 0.15) is 24.5 Å². The summed E-state index contributed by atoms with van der Waals surface area (Å²) in [5.41, 5.74) is 3.07. The van der Waals surface area contributed by atoms with Gasteiger partial charge in [0.2, 0.25) is 11.8 Å². The Labute approximate surface area is 135 Å². The number of carbonyl (C=O) groups excluding carboxylic acids is 2. The first-order chi connectivity index (χ1) is 10.5. The molecule has 1 saturated heterocycles. The molecule has 0 spiro atoms. The Morgan fingerprint density at radius 3 is 2.73 bits per heavy atom. The van der Waals surface area contributed by atoms with E-state index in [-0.39, 0.29) is 23.8 Å². The SMILES string of the molecule is Cc1cccc(NC(=O)[C@@H]2CSCN2C(=O)[C@H]2C[C@@H]2C)c1C. The summed E-state index contributed by atoms with van der Waals surface area (Å²) in [7, 11) is 0. The van der Waals surface area contributed by atoms with Crippen LogP contribution in [0, 0.1) is 25.7 Å². The summed E-state index contributed by atoms with van der Waals surface area (Å²) in [6.07, 6.45) is 0.964. The molecule has 4 nitrogen and oxygen atoms in total. The number of nitrogens with zero attached hydrogens (tertiary/aromatic N) is 1. The molecule has 0 bridgehead atoms. The Morgan fingerprint density at radius 2 is 2.05 bits per heavy atom. The molecular formula is C17H22N2O2S. The number of anilines is 1. The van der Waals surface area contributed by atoms with Crippen LogP contribution in [0.3, 0.4) is 0 Å². The second-order valence-corrected chi connectivity index (χ2v) is 7.38. The zero-order valence-electron chi connectivity index (χ0n) is 13.3. The number of nitrogens with one attached hydrogen (secondary N) is 1. The Balaban J connectivity index is 1.71. The number of amides is 2. The molecule has 118 valence electrons. The van der Waals surface area contributed by atoms with Gasteiger partial charge in [0.05, 0.1) is 5.88 Å². The lowest BCUT2D eigenvalue weighted by Gasteiger charge is -2.23. The van der Waals surface area contributed by atoms with Gasteiger partial charge in [-0.25, -0.2) is 0 Å². The molecular weight excluding hydrogens is 296 g/mol. The minimum atomic E-state index is -0.342. The summed E-state index contributed by atoms with van der Waals surface area (Å²) in [5.74, 6) is 2.01. The maximum atomic E-state index is 12.6. The van der Waals surface area contributed by atoms with Crippen molar-refractivity contribution in [3.05, 3.63) is 29.3 Å². The van der Waals surface area contributed by atoms with Gasteiger partial charge in [-0.05, 0) is 43.4 Å². The molecule has 0 unspecified atom stereocenters. The third kappa shape index (κ3) is 2.86. The van der Waals surface area contributed by atoms with E-state index in [1.807, 2.05) is 32.0 Å². The summed E-state index contributed by atoms with van der Waals surface area (Å²) in [6.45, 7) is 6.13. The maximum Gasteiger partial charge on any atom is 0.248 e. The Kier molecular flexibility index (Phi) is 4.17. The normalized spacial score (nSPS) is 26.9. The molecule has 2 amide bonds. The number of hydrogen-bond acceptors (Lipinski definition) is 3. The van der Waals surface area contributed by atoms with Crippen molar-refractivity contribution < 1.29 is 9.59 Å². The van der Waals surface area contributed by atoms with Crippen LogP contribution in [0.5, 0.6) is 0 Å². The molecule has 1 aromatic rings. The fourth-order valence-electron chi connectivity index (χ4n) is 2.86. The van der Waals surface area contributed by atoms with E-state index in [1.54, 1.807) is 16.7 Å². The van der Waals surface area contributed by atoms with Gasteiger partial charge in [-0.1, -0.05) is 19.1 Å². The Morgan fingerprint density at radius 1 is 1.32 bits per heavy atom. The average molecular weight is 318 g/mol. The average Bonchev–Trinajstić information content (AvgIpc) is 3.02. The first kappa shape index (κ1) is 15.4. The van der Waals surface area contributed by atoms with Crippen LogP contribution < -0.4 is 5.32 Å². The van der Waals surface area contributed by atoms with Gasteiger partial charge < -0.3 is 10.2 Å². The van der Waals surface area contributed by atoms with E-state index < -0.39 is 0 Å². The summed E-state index contributed by atoms with van der Waals surface area (Å²) in [4.78, 5) is 26.8. The Hall–Kier alpha value is -1.49. The van der Waals surface area contributed by atoms with E-state index in [0.717, 1.165) is 23.2 Å². The standard InChI is InChI=1S/C17H22N2O2S/c1-10-5-4-6-14(12(10)3)18-16(20)15-8-22-9-19(15)17(21)13-7-11(13)2/h4-6,11,13,15H,7-9H2,1-3H3,(H,18,20)/t11-,13-,15-/m0/s1. The zero-order valence-corrected chi connectivity index (χ0v) is 14.1. The van der Waals surface area contributed by atoms with Gasteiger partial charge in [0.25, 0.3) is 0 Å². The predicted octanol–water partition coefficient (Wildman–Crippen LogP) is 2.80. The second-order valence-electron chi connectivity index (χ2n) is 6.38. The van der Waals surface area contributed by atoms with Gasteiger partial charge in [-0.15, -0.1) is 11.8 Å². The number of hydrogen-bond donors (Lipinski definition) is 1. The molecule has 1 aromatic carbocycles. The molecule has 2 aliphatic rings. The van der Waals surface area contributed by atoms with Crippen molar-refractivity contribution in [1.29, 1.82) is 0 Å². The topological polar surface area (TPSA) is 49.4 Å². The molecule has 2 fully saturated rings. The monoisotopic (exact) mass is 318 g/mol. The van der Waals surface area contributed by atoms with E-state index in [1.165, 1.54) is 0 Å². The van der Waals surface area contributed by atoms with Gasteiger partial charge in [-0.3, -0.25) is 9.59 Å². The van der Waals surface area contributed by atoms with Gasteiger partial charge in [0.1, 0.15) is 6.04 Å². The van der Waals surface area contributed by atoms with Crippen molar-refractivity contribution in [3.8, 4) is 0 Å². The van der Waals surface area contributed by atoms with Gasteiger partial charge in [-0.2, -0.15) is 0 Å². The lowest BCUT2D eigenvalue weighted by Crippen LogP contribution is -2.45. The van der Waals surface area contributed by atoms with Gasteiger partial charge in [0.15, 0.2) is 0 Å². The smallest absolute Gasteiger partial charge is 0.248 e. The van der Waals surface area contributed by atoms with Crippen molar-refractivity contribution >= 4 is 29.3 Å². The van der Waals surface area contributed by atoms with Crippen molar-refractivity contribution in [2.45, 2.75) is 33.2 Å². The minimum absolute atomic E-state index is 0.0691. The molecule has 5 heteroatoms. The second kappa shape index (κ2) is 5.95. The highest BCUT2D eigenvalue weighted by molar-refractivity contribution is 7.99. The molecule has 1 aliphatic carbocycles. The number of rotatable bonds is 3. The van der Waals surface area contributed by atoms with Crippen molar-refractivity contribution in [2.75, 3.05) is 16.9 Å². The van der Waals surface area contributed by atoms with Crippen LogP contribution in [0.4, 0.5) is 5.69 Å². The highest BCUT2D eigenvalue weighted by Crippen LogP contribution is 2.41. The van der Waals surface area contributed by atoms with Crippen LogP contribution in [0.15, 0.2) is 18.2 Å². The van der Waals surface area contributed by atoms with Crippen LogP contribution in [0.2, 0.25) is 0 Å². The van der Waals surface area contributed by atoms with Gasteiger partial charge in [0, 0.05) is 17.4 Å². The first-order valence-corrected chi connectivity index (χ1v) is 8.90. The molecule has 22 heavy (non-hydrogen) atoms. The summed E-state index contributed by atoms with van der Waals surface area (Å²) in [6, 6.07) is 5.54. The molecule has 3 atom stereocenters. The quantitative estimate of drug-likeness (QED) is 0.932. The number of carbonyl (C=O) groups is 2. The van der Waals surface area contributed by atoms with Gasteiger partial charge >= 0.3 is 0 Å². The molecule has 1 N–H and O–H groups in total. The zero-order chi connectivity index (χ0) is 15.9. The lowest BCUT2D eigenvalue weighted by atomic mass is 10.1. The number of benzene rings is 1. The number of thioether (sulfide) groups is 1. The third-order valence-corrected chi connectivity index (χ3v) is 5.77. The largest absolute Gasteiger partial charge is 0.324 e. The van der Waals surface area contributed by atoms with Crippen molar-refractivity contribution in [3.63, 3.8) is 0 Å². The third-order valence-electron chi connectivity index (χ3n) is 4.76. The highest BCUT2D eigenvalue weighted by atomic mass is 32.2. The summed E-state index contributed by atoms with van der Waals surface area (Å²) >= 11 is 1.66. The molecule has 1 saturated carbocycles. The van der Waals surface area contributed by atoms with E-state index in [2.05, 4.69) is 12.2 Å². The molecule has 1 aliphatic heterocycles. The maximum absolute atomic E-state index is 12.6. The minimum Gasteiger partial charge on any atom is -0.324 e. The fourth-order valence-corrected chi connectivity index (χ4v) is 4.02. The number of aryl methyl sites for hydroxylation is 1. The summed E-state index contributed by atoms with van der Waals surface area (Å²) < 4.78 is 0. The Bertz CT molecular complexity index is 617. The first-order valence-electron chi connectivity index (χ1n) is 7.74. The fraction of sp³-hybridized carbons (Fsp3) is 0.529. The molecule has 0 radical (unpaired) electrons. The van der Waals surface area contributed by atoms with E-state index in [4.69, 9.17) is 0 Å². The van der Waals surface area contributed by atoms with Crippen LogP contribution in [0.25, 0.3) is 0 Å². The van der Waals surface area contributed by atoms with Crippen LogP contribution >= 0.6 is 11.8 Å². The predicted molar refractivity (Wildman–Crippen MR) is 89.8 cm³/mol. The van der Waals surface area contributed by atoms with E-state index in [9.17, 15) is 9.59 Å². The van der Waals surface area contributed by atoms with Crippen LogP contribution in [-0.4, -0.2) is 34.4 Å². The highest BCUT2D eigenvalue weighted by Gasteiger charge is 2.45.